The molecule has 0 amide bonds. The normalized spacial score (nSPS) is 11.4. The van der Waals surface area contributed by atoms with E-state index in [1.54, 1.807) is 35.7 Å². The molecule has 0 saturated heterocycles. The molecule has 0 atom stereocenters. The number of hydrogen-bond acceptors (Lipinski definition) is 2. The number of hydrogen-bond donors (Lipinski definition) is 0. The molecule has 0 radical (unpaired) electrons. The van der Waals surface area contributed by atoms with Gasteiger partial charge in [-0.2, -0.15) is 0 Å². The Morgan fingerprint density at radius 1 is 0.367 bits per heavy atom. The highest BCUT2D eigenvalue weighted by Gasteiger charge is 2.21. The largest absolute Gasteiger partial charge is 0.307 e. The van der Waals surface area contributed by atoms with Gasteiger partial charge < -0.3 is 4.57 Å². The summed E-state index contributed by atoms with van der Waals surface area (Å²) in [4.78, 5) is 3.99. The van der Waals surface area contributed by atoms with Gasteiger partial charge in [0.1, 0.15) is 0 Å². The monoisotopic (exact) mass is 747 g/mol. The van der Waals surface area contributed by atoms with Crippen LogP contribution in [0.15, 0.2) is 171 Å². The third kappa shape index (κ3) is 6.72. The van der Waals surface area contributed by atoms with E-state index in [0.717, 1.165) is 58.6 Å². The highest BCUT2D eigenvalue weighted by molar-refractivity contribution is 8.00. The number of aromatic nitrogens is 1. The van der Waals surface area contributed by atoms with Gasteiger partial charge in [0.2, 0.25) is 0 Å². The lowest BCUT2D eigenvalue weighted by Crippen LogP contribution is -2.00. The van der Waals surface area contributed by atoms with Crippen molar-refractivity contribution in [1.82, 2.24) is 4.57 Å². The summed E-state index contributed by atoms with van der Waals surface area (Å²) in [6.07, 6.45) is 0. The molecule has 8 aromatic rings. The van der Waals surface area contributed by atoms with Crippen LogP contribution in [0.5, 0.6) is 0 Å². The van der Waals surface area contributed by atoms with Crippen LogP contribution >= 0.6 is 69.9 Å². The van der Waals surface area contributed by atoms with Crippen molar-refractivity contribution in [3.8, 4) is 27.9 Å². The van der Waals surface area contributed by atoms with Gasteiger partial charge in [0, 0.05) is 50.4 Å². The first kappa shape index (κ1) is 32.4. The fourth-order valence-corrected chi connectivity index (χ4v) is 9.71. The Morgan fingerprint density at radius 2 is 0.776 bits per heavy atom. The van der Waals surface area contributed by atoms with E-state index in [1.807, 2.05) is 36.4 Å². The summed E-state index contributed by atoms with van der Waals surface area (Å²) in [5.41, 5.74) is 7.84. The third-order valence-electron chi connectivity index (χ3n) is 8.30. The minimum absolute atomic E-state index is 0.590. The Balaban J connectivity index is 1.45. The zero-order valence-electron chi connectivity index (χ0n) is 25.7. The molecule has 0 unspecified atom stereocenters. The van der Waals surface area contributed by atoms with Gasteiger partial charge >= 0.3 is 0 Å². The number of fused-ring (bicyclic) bond motifs is 3. The Kier molecular flexibility index (Phi) is 9.15. The summed E-state index contributed by atoms with van der Waals surface area (Å²) in [7, 11) is 0. The van der Waals surface area contributed by atoms with Crippen molar-refractivity contribution in [1.29, 1.82) is 0 Å². The van der Waals surface area contributed by atoms with Crippen molar-refractivity contribution in [2.75, 3.05) is 0 Å². The third-order valence-corrected chi connectivity index (χ3v) is 11.2. The number of nitrogens with zero attached hydrogens (tertiary/aromatic N) is 1. The van der Waals surface area contributed by atoms with Crippen LogP contribution in [0.4, 0.5) is 0 Å². The Morgan fingerprint density at radius 3 is 1.18 bits per heavy atom. The molecule has 49 heavy (non-hydrogen) atoms. The molecule has 0 aliphatic rings. The molecule has 238 valence electrons. The molecular formula is C42H25Cl4NS2. The van der Waals surface area contributed by atoms with E-state index in [-0.39, 0.29) is 0 Å². The second kappa shape index (κ2) is 13.8. The number of benzene rings is 7. The zero-order valence-corrected chi connectivity index (χ0v) is 30.4. The maximum Gasteiger partial charge on any atom is 0.0741 e. The molecule has 1 nitrogen and oxygen atoms in total. The molecule has 0 saturated carbocycles. The van der Waals surface area contributed by atoms with E-state index in [4.69, 9.17) is 46.4 Å². The Hall–Kier alpha value is -3.80. The molecule has 1 aromatic heterocycles. The fraction of sp³-hybridized carbons (Fsp3) is 0. The summed E-state index contributed by atoms with van der Waals surface area (Å²) < 4.78 is 2.41. The predicted octanol–water partition coefficient (Wildman–Crippen LogP) is 15.0. The van der Waals surface area contributed by atoms with E-state index >= 15 is 0 Å². The average Bonchev–Trinajstić information content (AvgIpc) is 3.41. The molecule has 0 aliphatic carbocycles. The number of halogens is 4. The van der Waals surface area contributed by atoms with E-state index < -0.39 is 0 Å². The second-order valence-electron chi connectivity index (χ2n) is 11.5. The van der Waals surface area contributed by atoms with Gasteiger partial charge in [-0.05, 0) is 82.9 Å². The van der Waals surface area contributed by atoms with Crippen molar-refractivity contribution < 1.29 is 0 Å². The molecule has 0 bridgehead atoms. The topological polar surface area (TPSA) is 4.93 Å². The van der Waals surface area contributed by atoms with Crippen LogP contribution in [-0.2, 0) is 0 Å². The van der Waals surface area contributed by atoms with Crippen LogP contribution in [0.25, 0.3) is 49.7 Å². The zero-order chi connectivity index (χ0) is 33.5. The average molecular weight is 750 g/mol. The van der Waals surface area contributed by atoms with Crippen molar-refractivity contribution in [3.05, 3.63) is 172 Å². The molecule has 0 spiro atoms. The first-order valence-corrected chi connectivity index (χ1v) is 18.6. The Bertz CT molecular complexity index is 2290. The van der Waals surface area contributed by atoms with E-state index in [0.29, 0.717) is 20.1 Å². The highest BCUT2D eigenvalue weighted by Crippen LogP contribution is 2.46. The maximum absolute atomic E-state index is 6.50. The lowest BCUT2D eigenvalue weighted by Gasteiger charge is -2.19. The van der Waals surface area contributed by atoms with Crippen molar-refractivity contribution in [2.24, 2.45) is 0 Å². The smallest absolute Gasteiger partial charge is 0.0741 e. The summed E-state index contributed by atoms with van der Waals surface area (Å²) in [5.74, 6) is 0. The van der Waals surface area contributed by atoms with Gasteiger partial charge in [-0.1, -0.05) is 161 Å². The molecule has 0 aliphatic heterocycles. The lowest BCUT2D eigenvalue weighted by atomic mass is 10.0. The summed E-state index contributed by atoms with van der Waals surface area (Å²) >= 11 is 29.3. The van der Waals surface area contributed by atoms with Crippen LogP contribution in [-0.4, -0.2) is 4.57 Å². The SMILES string of the molecule is Clc1cc(Cl)cc(Sc2cccc(Sc3cc(Cl)cc(Cl)c3)c2-n2c3cc(-c4ccccc4)ccc3c3ccc(-c4ccccc4)cc32)c1. The van der Waals surface area contributed by atoms with Crippen LogP contribution < -0.4 is 0 Å². The van der Waals surface area contributed by atoms with E-state index in [2.05, 4.69) is 108 Å². The second-order valence-corrected chi connectivity index (χ2v) is 15.5. The molecule has 7 heteroatoms. The molecule has 1 heterocycles. The molecule has 0 fully saturated rings. The summed E-state index contributed by atoms with van der Waals surface area (Å²) in [5, 5.41) is 4.70. The van der Waals surface area contributed by atoms with Gasteiger partial charge in [-0.3, -0.25) is 0 Å². The van der Waals surface area contributed by atoms with Crippen molar-refractivity contribution in [3.63, 3.8) is 0 Å². The number of para-hydroxylation sites is 1. The number of rotatable bonds is 7. The van der Waals surface area contributed by atoms with Gasteiger partial charge in [0.25, 0.3) is 0 Å². The standard InChI is InChI=1S/C42H25Cl4NS2/c43-30-20-31(44)23-34(22-30)48-40-12-7-13-41(49-35-24-32(45)21-33(46)25-35)42(40)47-38-18-28(26-8-3-1-4-9-26)14-16-36(38)37-17-15-29(19-39(37)47)27-10-5-2-6-11-27/h1-25H. The first-order valence-electron chi connectivity index (χ1n) is 15.5. The molecule has 0 N–H and O–H groups in total. The van der Waals surface area contributed by atoms with E-state index in [9.17, 15) is 0 Å². The predicted molar refractivity (Wildman–Crippen MR) is 213 cm³/mol. The van der Waals surface area contributed by atoms with Crippen LogP contribution in [0.2, 0.25) is 20.1 Å². The van der Waals surface area contributed by atoms with Crippen LogP contribution in [0.3, 0.4) is 0 Å². The van der Waals surface area contributed by atoms with Gasteiger partial charge in [-0.25, -0.2) is 0 Å². The quantitative estimate of drug-likeness (QED) is 0.160. The molecule has 7 aromatic carbocycles. The maximum atomic E-state index is 6.50. The summed E-state index contributed by atoms with van der Waals surface area (Å²) in [6.45, 7) is 0. The molecule has 8 rings (SSSR count). The first-order chi connectivity index (χ1) is 23.9. The Labute approximate surface area is 313 Å². The highest BCUT2D eigenvalue weighted by atomic mass is 35.5. The van der Waals surface area contributed by atoms with Crippen molar-refractivity contribution in [2.45, 2.75) is 19.6 Å². The molecular weight excluding hydrogens is 724 g/mol. The minimum Gasteiger partial charge on any atom is -0.307 e. The van der Waals surface area contributed by atoms with Gasteiger partial charge in [0.15, 0.2) is 0 Å². The lowest BCUT2D eigenvalue weighted by molar-refractivity contribution is 1.07. The minimum atomic E-state index is 0.590. The van der Waals surface area contributed by atoms with Crippen LogP contribution in [0.1, 0.15) is 0 Å². The van der Waals surface area contributed by atoms with Gasteiger partial charge in [0.05, 0.1) is 16.7 Å². The van der Waals surface area contributed by atoms with Gasteiger partial charge in [-0.15, -0.1) is 0 Å². The summed E-state index contributed by atoms with van der Waals surface area (Å²) in [6, 6.07) is 52.2. The van der Waals surface area contributed by atoms with Crippen molar-refractivity contribution >= 4 is 91.7 Å². The van der Waals surface area contributed by atoms with E-state index in [1.165, 1.54) is 10.8 Å². The fourth-order valence-electron chi connectivity index (χ4n) is 6.20. The van der Waals surface area contributed by atoms with Crippen LogP contribution in [0, 0.1) is 0 Å².